The van der Waals surface area contributed by atoms with Gasteiger partial charge < -0.3 is 33.2 Å². The van der Waals surface area contributed by atoms with Crippen LogP contribution in [0.15, 0.2) is 0 Å². The highest BCUT2D eigenvalue weighted by molar-refractivity contribution is 5.68. The molecule has 0 N–H and O–H groups in total. The molecule has 0 amide bonds. The molecule has 2 spiro atoms. The minimum absolute atomic E-state index is 0.0871. The van der Waals surface area contributed by atoms with Gasteiger partial charge in [0.2, 0.25) is 11.6 Å². The maximum Gasteiger partial charge on any atom is 0.305 e. The molecule has 8 heteroatoms. The Balaban J connectivity index is 1.17. The molecule has 0 radical (unpaired) electrons. The van der Waals surface area contributed by atoms with Gasteiger partial charge >= 0.3 is 5.97 Å². The summed E-state index contributed by atoms with van der Waals surface area (Å²) < 4.78 is 42.6. The summed E-state index contributed by atoms with van der Waals surface area (Å²) in [5, 5.41) is 0. The summed E-state index contributed by atoms with van der Waals surface area (Å²) in [5.74, 6) is 1.67. The van der Waals surface area contributed by atoms with Gasteiger partial charge in [0.1, 0.15) is 6.79 Å². The molecular formula is C36H60O8. The fourth-order valence-corrected chi connectivity index (χ4v) is 11.6. The van der Waals surface area contributed by atoms with Gasteiger partial charge in [-0.3, -0.25) is 4.79 Å². The Kier molecular flexibility index (Phi) is 10.4. The van der Waals surface area contributed by atoms with Gasteiger partial charge in [-0.1, -0.05) is 58.8 Å². The Hall–Kier alpha value is -0.770. The highest BCUT2D eigenvalue weighted by Crippen LogP contribution is 2.71. The topological polar surface area (TPSA) is 81.7 Å². The second-order valence-corrected chi connectivity index (χ2v) is 15.6. The molecule has 6 fully saturated rings. The molecule has 252 valence electrons. The van der Waals surface area contributed by atoms with Crippen molar-refractivity contribution in [2.75, 3.05) is 47.4 Å². The van der Waals surface area contributed by atoms with Crippen LogP contribution in [0.1, 0.15) is 117 Å². The first-order valence-corrected chi connectivity index (χ1v) is 18.0. The SMILES string of the molecule is COCO[C@H]1CC[C@H]2[C@@H]3CC[C@H]4CC5(OCCO5)C5(C[C@]4(C)[C@H]3[C@@H](CCCCCCCCCC(=O)OC)C[C@]12C)OCCO5. The normalized spacial score (nSPS) is 40.2. The van der Waals surface area contributed by atoms with E-state index in [1.165, 1.54) is 71.3 Å². The van der Waals surface area contributed by atoms with E-state index in [2.05, 4.69) is 13.8 Å². The van der Waals surface area contributed by atoms with Crippen LogP contribution in [0.3, 0.4) is 0 Å². The van der Waals surface area contributed by atoms with Crippen LogP contribution in [0.2, 0.25) is 0 Å². The monoisotopic (exact) mass is 620 g/mol. The Labute approximate surface area is 265 Å². The zero-order chi connectivity index (χ0) is 30.8. The van der Waals surface area contributed by atoms with Gasteiger partial charge in [-0.05, 0) is 78.9 Å². The zero-order valence-electron chi connectivity index (χ0n) is 28.1. The van der Waals surface area contributed by atoms with E-state index in [0.29, 0.717) is 69.2 Å². The number of methoxy groups -OCH3 is 2. The standard InChI is InChI=1S/C36H60O8/c1-33-22-26(12-10-8-6-5-7-9-11-13-31(37)39-4)32-28(29(33)16-17-30(33)40-25-38-3)15-14-27-23-35(41-18-19-42-35)36(24-34(27,32)2)43-20-21-44-36/h26-30,32H,5-25H2,1-4H3/t26-,27-,28-,29-,30-,32-,33-,34-/m0/s1. The molecule has 6 aliphatic rings. The molecule has 2 aliphatic heterocycles. The Morgan fingerprint density at radius 1 is 0.750 bits per heavy atom. The molecule has 8 atom stereocenters. The van der Waals surface area contributed by atoms with Crippen molar-refractivity contribution in [2.45, 2.75) is 134 Å². The van der Waals surface area contributed by atoms with E-state index >= 15 is 0 Å². The predicted molar refractivity (Wildman–Crippen MR) is 166 cm³/mol. The van der Waals surface area contributed by atoms with Crippen LogP contribution >= 0.6 is 0 Å². The van der Waals surface area contributed by atoms with Crippen molar-refractivity contribution in [3.05, 3.63) is 0 Å². The van der Waals surface area contributed by atoms with Crippen LogP contribution in [0.5, 0.6) is 0 Å². The highest BCUT2D eigenvalue weighted by atomic mass is 16.8. The molecule has 44 heavy (non-hydrogen) atoms. The summed E-state index contributed by atoms with van der Waals surface area (Å²) in [6.45, 7) is 8.04. The quantitative estimate of drug-likeness (QED) is 0.123. The Morgan fingerprint density at radius 2 is 1.41 bits per heavy atom. The van der Waals surface area contributed by atoms with Gasteiger partial charge in [0, 0.05) is 26.4 Å². The van der Waals surface area contributed by atoms with Crippen molar-refractivity contribution in [3.8, 4) is 0 Å². The molecular weight excluding hydrogens is 560 g/mol. The lowest BCUT2D eigenvalue weighted by atomic mass is 9.41. The van der Waals surface area contributed by atoms with Gasteiger partial charge in [-0.25, -0.2) is 0 Å². The van der Waals surface area contributed by atoms with Gasteiger partial charge in [-0.15, -0.1) is 0 Å². The average molecular weight is 621 g/mol. The number of hydrogen-bond acceptors (Lipinski definition) is 8. The number of rotatable bonds is 13. The summed E-state index contributed by atoms with van der Waals surface area (Å²) in [7, 11) is 3.22. The molecule has 2 heterocycles. The minimum atomic E-state index is -0.782. The average Bonchev–Trinajstić information content (AvgIpc) is 3.76. The van der Waals surface area contributed by atoms with E-state index in [9.17, 15) is 4.79 Å². The largest absolute Gasteiger partial charge is 0.469 e. The maximum atomic E-state index is 11.4. The first-order chi connectivity index (χ1) is 21.3. The molecule has 0 unspecified atom stereocenters. The van der Waals surface area contributed by atoms with E-state index in [-0.39, 0.29) is 22.9 Å². The molecule has 0 aromatic carbocycles. The lowest BCUT2D eigenvalue weighted by Crippen LogP contribution is -2.68. The highest BCUT2D eigenvalue weighted by Gasteiger charge is 2.72. The third-order valence-electron chi connectivity index (χ3n) is 13.3. The van der Waals surface area contributed by atoms with E-state index < -0.39 is 11.6 Å². The molecule has 0 aromatic heterocycles. The molecule has 4 saturated carbocycles. The third-order valence-corrected chi connectivity index (χ3v) is 13.3. The van der Waals surface area contributed by atoms with Gasteiger partial charge in [0.25, 0.3) is 0 Å². The second kappa shape index (κ2) is 13.8. The fraction of sp³-hybridized carbons (Fsp3) is 0.972. The van der Waals surface area contributed by atoms with Crippen LogP contribution in [-0.2, 0) is 38.0 Å². The van der Waals surface area contributed by atoms with E-state index in [1.807, 2.05) is 0 Å². The number of hydrogen-bond donors (Lipinski definition) is 0. The van der Waals surface area contributed by atoms with Crippen LogP contribution in [0.4, 0.5) is 0 Å². The van der Waals surface area contributed by atoms with E-state index in [1.54, 1.807) is 7.11 Å². The predicted octanol–water partition coefficient (Wildman–Crippen LogP) is 7.02. The first kappa shape index (κ1) is 33.1. The Morgan fingerprint density at radius 3 is 2.09 bits per heavy atom. The van der Waals surface area contributed by atoms with Crippen molar-refractivity contribution in [2.24, 2.45) is 40.4 Å². The van der Waals surface area contributed by atoms with Gasteiger partial charge in [0.05, 0.1) is 39.6 Å². The lowest BCUT2D eigenvalue weighted by molar-refractivity contribution is -0.391. The molecule has 4 aliphatic carbocycles. The summed E-state index contributed by atoms with van der Waals surface area (Å²) in [4.78, 5) is 11.4. The number of ether oxygens (including phenoxy) is 7. The van der Waals surface area contributed by atoms with Gasteiger partial charge in [-0.2, -0.15) is 0 Å². The summed E-state index contributed by atoms with van der Waals surface area (Å²) >= 11 is 0. The molecule has 2 saturated heterocycles. The van der Waals surface area contributed by atoms with Gasteiger partial charge in [0.15, 0.2) is 0 Å². The molecule has 0 bridgehead atoms. The summed E-state index contributed by atoms with van der Waals surface area (Å²) in [5.41, 5.74) is 0.337. The number of unbranched alkanes of at least 4 members (excludes halogenated alkanes) is 6. The van der Waals surface area contributed by atoms with Crippen molar-refractivity contribution >= 4 is 5.97 Å². The summed E-state index contributed by atoms with van der Waals surface area (Å²) in [6, 6.07) is 0. The number of fused-ring (bicyclic) bond motifs is 6. The van der Waals surface area contributed by atoms with Crippen LogP contribution in [0, 0.1) is 40.4 Å². The lowest BCUT2D eigenvalue weighted by Gasteiger charge is -2.66. The van der Waals surface area contributed by atoms with Crippen LogP contribution < -0.4 is 0 Å². The third kappa shape index (κ3) is 5.91. The first-order valence-electron chi connectivity index (χ1n) is 18.0. The number of carbonyl (C=O) groups is 1. The number of esters is 1. The minimum Gasteiger partial charge on any atom is -0.469 e. The number of carbonyl (C=O) groups excluding carboxylic acids is 1. The van der Waals surface area contributed by atoms with Crippen molar-refractivity contribution in [1.82, 2.24) is 0 Å². The fourth-order valence-electron chi connectivity index (χ4n) is 11.6. The van der Waals surface area contributed by atoms with Crippen molar-refractivity contribution in [3.63, 3.8) is 0 Å². The summed E-state index contributed by atoms with van der Waals surface area (Å²) in [6.07, 6.45) is 18.5. The second-order valence-electron chi connectivity index (χ2n) is 15.6. The van der Waals surface area contributed by atoms with Crippen molar-refractivity contribution in [1.29, 1.82) is 0 Å². The molecule has 0 aromatic rings. The molecule has 6 rings (SSSR count). The van der Waals surface area contributed by atoms with E-state index in [4.69, 9.17) is 33.2 Å². The van der Waals surface area contributed by atoms with Crippen LogP contribution in [-0.4, -0.2) is 71.1 Å². The van der Waals surface area contributed by atoms with E-state index in [0.717, 1.165) is 32.1 Å². The van der Waals surface area contributed by atoms with Crippen LogP contribution in [0.25, 0.3) is 0 Å². The molecule has 8 nitrogen and oxygen atoms in total. The zero-order valence-corrected chi connectivity index (χ0v) is 28.1. The van der Waals surface area contributed by atoms with Crippen molar-refractivity contribution < 1.29 is 38.0 Å². The smallest absolute Gasteiger partial charge is 0.305 e. The Bertz CT molecular complexity index is 960. The maximum absolute atomic E-state index is 11.4.